The third-order valence-electron chi connectivity index (χ3n) is 1.83. The van der Waals surface area contributed by atoms with Gasteiger partial charge in [-0.1, -0.05) is 27.5 Å². The van der Waals surface area contributed by atoms with Crippen LogP contribution in [-0.4, -0.2) is 16.2 Å². The van der Waals surface area contributed by atoms with Gasteiger partial charge in [0.05, 0.1) is 10.4 Å². The van der Waals surface area contributed by atoms with E-state index in [0.29, 0.717) is 0 Å². The maximum Gasteiger partial charge on any atom is 0.420 e. The molecular formula is C9H5BrClF3O2. The molecule has 0 aliphatic carbocycles. The number of Topliss-reactive ketones (excluding diaryl/α,β-unsaturated/α-hetero) is 1. The van der Waals surface area contributed by atoms with E-state index in [-0.39, 0.29) is 5.33 Å². The van der Waals surface area contributed by atoms with Gasteiger partial charge in [-0.15, -0.1) is 0 Å². The molecule has 7 heteroatoms. The van der Waals surface area contributed by atoms with Gasteiger partial charge in [-0.2, -0.15) is 13.2 Å². The quantitative estimate of drug-likeness (QED) is 0.668. The van der Waals surface area contributed by atoms with Gasteiger partial charge in [0.25, 0.3) is 0 Å². The molecule has 1 N–H and O–H groups in total. The van der Waals surface area contributed by atoms with Crippen LogP contribution in [0.5, 0.6) is 5.75 Å². The van der Waals surface area contributed by atoms with Crippen molar-refractivity contribution in [2.75, 3.05) is 5.33 Å². The van der Waals surface area contributed by atoms with E-state index in [4.69, 9.17) is 11.6 Å². The maximum absolute atomic E-state index is 12.6. The van der Waals surface area contributed by atoms with E-state index >= 15 is 0 Å². The molecule has 0 fully saturated rings. The topological polar surface area (TPSA) is 37.3 Å². The van der Waals surface area contributed by atoms with E-state index in [0.717, 1.165) is 12.1 Å². The standard InChI is InChI=1S/C9H5BrClF3O2/c10-3-6(15)4-1-2-5(11)8(16)7(4)9(12,13)14/h1-2,16H,3H2. The van der Waals surface area contributed by atoms with Gasteiger partial charge in [-0.3, -0.25) is 4.79 Å². The zero-order chi connectivity index (χ0) is 12.5. The van der Waals surface area contributed by atoms with Gasteiger partial charge < -0.3 is 5.11 Å². The molecule has 0 aromatic heterocycles. The number of ketones is 1. The van der Waals surface area contributed by atoms with E-state index in [2.05, 4.69) is 15.9 Å². The molecule has 0 heterocycles. The Hall–Kier alpha value is -0.750. The molecule has 0 aliphatic rings. The number of hydrogen-bond acceptors (Lipinski definition) is 2. The summed E-state index contributed by atoms with van der Waals surface area (Å²) in [6.07, 6.45) is -4.83. The highest BCUT2D eigenvalue weighted by molar-refractivity contribution is 9.09. The normalized spacial score (nSPS) is 11.6. The van der Waals surface area contributed by atoms with E-state index in [9.17, 15) is 23.1 Å². The highest BCUT2D eigenvalue weighted by Crippen LogP contribution is 2.41. The van der Waals surface area contributed by atoms with Crippen molar-refractivity contribution in [3.8, 4) is 5.75 Å². The van der Waals surface area contributed by atoms with Crippen molar-refractivity contribution in [1.29, 1.82) is 0 Å². The Morgan fingerprint density at radius 2 is 2.00 bits per heavy atom. The number of phenolic OH excluding ortho intramolecular Hbond substituents is 1. The van der Waals surface area contributed by atoms with E-state index in [1.54, 1.807) is 0 Å². The van der Waals surface area contributed by atoms with Crippen LogP contribution in [0.3, 0.4) is 0 Å². The molecule has 0 bridgehead atoms. The van der Waals surface area contributed by atoms with Gasteiger partial charge in [-0.25, -0.2) is 0 Å². The monoisotopic (exact) mass is 316 g/mol. The second kappa shape index (κ2) is 4.63. The SMILES string of the molecule is O=C(CBr)c1ccc(Cl)c(O)c1C(F)(F)F. The molecule has 1 aromatic carbocycles. The molecule has 1 rings (SSSR count). The summed E-state index contributed by atoms with van der Waals surface area (Å²) in [6, 6.07) is 1.98. The van der Waals surface area contributed by atoms with Crippen molar-refractivity contribution in [3.63, 3.8) is 0 Å². The highest BCUT2D eigenvalue weighted by atomic mass is 79.9. The highest BCUT2D eigenvalue weighted by Gasteiger charge is 2.39. The van der Waals surface area contributed by atoms with Crippen LogP contribution < -0.4 is 0 Å². The van der Waals surface area contributed by atoms with Gasteiger partial charge in [-0.05, 0) is 12.1 Å². The summed E-state index contributed by atoms with van der Waals surface area (Å²) in [5.74, 6) is -1.90. The number of aromatic hydroxyl groups is 1. The van der Waals surface area contributed by atoms with E-state index in [1.807, 2.05) is 0 Å². The van der Waals surface area contributed by atoms with E-state index in [1.165, 1.54) is 0 Å². The Kier molecular flexibility index (Phi) is 3.85. The van der Waals surface area contributed by atoms with Crippen LogP contribution in [-0.2, 0) is 6.18 Å². The first-order chi connectivity index (χ1) is 7.29. The Bertz CT molecular complexity index is 431. The molecule has 0 radical (unpaired) electrons. The van der Waals surface area contributed by atoms with Crippen LogP contribution in [0.4, 0.5) is 13.2 Å². The lowest BCUT2D eigenvalue weighted by Crippen LogP contribution is -2.14. The first-order valence-corrected chi connectivity index (χ1v) is 5.46. The number of benzene rings is 1. The van der Waals surface area contributed by atoms with Crippen molar-refractivity contribution in [1.82, 2.24) is 0 Å². The molecule has 0 unspecified atom stereocenters. The summed E-state index contributed by atoms with van der Waals surface area (Å²) in [5.41, 5.74) is -2.00. The minimum Gasteiger partial charge on any atom is -0.506 e. The third-order valence-corrected chi connectivity index (χ3v) is 2.65. The fourth-order valence-corrected chi connectivity index (χ4v) is 1.62. The van der Waals surface area contributed by atoms with Crippen molar-refractivity contribution < 1.29 is 23.1 Å². The Labute approximate surface area is 102 Å². The molecule has 88 valence electrons. The van der Waals surface area contributed by atoms with Crippen LogP contribution in [0.1, 0.15) is 15.9 Å². The summed E-state index contributed by atoms with van der Waals surface area (Å²) < 4.78 is 37.8. The number of hydrogen-bond donors (Lipinski definition) is 1. The van der Waals surface area contributed by atoms with Crippen LogP contribution >= 0.6 is 27.5 Å². The van der Waals surface area contributed by atoms with Crippen molar-refractivity contribution >= 4 is 33.3 Å². The molecule has 2 nitrogen and oxygen atoms in total. The number of rotatable bonds is 2. The van der Waals surface area contributed by atoms with Gasteiger partial charge in [0, 0.05) is 5.56 Å². The average molecular weight is 317 g/mol. The van der Waals surface area contributed by atoms with Gasteiger partial charge in [0.2, 0.25) is 0 Å². The summed E-state index contributed by atoms with van der Waals surface area (Å²) in [6.45, 7) is 0. The minimum atomic E-state index is -4.83. The molecule has 0 spiro atoms. The Balaban J connectivity index is 3.52. The molecular weight excluding hydrogens is 312 g/mol. The van der Waals surface area contributed by atoms with Crippen LogP contribution in [0, 0.1) is 0 Å². The van der Waals surface area contributed by atoms with E-state index < -0.39 is 33.9 Å². The number of phenols is 1. The fourth-order valence-electron chi connectivity index (χ4n) is 1.16. The largest absolute Gasteiger partial charge is 0.506 e. The molecule has 0 atom stereocenters. The van der Waals surface area contributed by atoms with Crippen molar-refractivity contribution in [3.05, 3.63) is 28.3 Å². The summed E-state index contributed by atoms with van der Waals surface area (Å²) in [4.78, 5) is 11.2. The summed E-state index contributed by atoms with van der Waals surface area (Å²) in [7, 11) is 0. The van der Waals surface area contributed by atoms with Crippen molar-refractivity contribution in [2.24, 2.45) is 0 Å². The smallest absolute Gasteiger partial charge is 0.420 e. The fraction of sp³-hybridized carbons (Fsp3) is 0.222. The minimum absolute atomic E-state index is 0.267. The molecule has 16 heavy (non-hydrogen) atoms. The molecule has 0 aliphatic heterocycles. The number of halogens is 5. The lowest BCUT2D eigenvalue weighted by atomic mass is 10.0. The average Bonchev–Trinajstić information content (AvgIpc) is 2.18. The zero-order valence-corrected chi connectivity index (χ0v) is 9.95. The Morgan fingerprint density at radius 3 is 2.44 bits per heavy atom. The first kappa shape index (κ1) is 13.3. The van der Waals surface area contributed by atoms with Gasteiger partial charge >= 0.3 is 6.18 Å². The van der Waals surface area contributed by atoms with Gasteiger partial charge in [0.1, 0.15) is 11.3 Å². The Morgan fingerprint density at radius 1 is 1.44 bits per heavy atom. The summed E-state index contributed by atoms with van der Waals surface area (Å²) >= 11 is 8.13. The lowest BCUT2D eigenvalue weighted by Gasteiger charge is -2.13. The summed E-state index contributed by atoms with van der Waals surface area (Å²) in [5, 5.41) is 8.53. The molecule has 0 saturated heterocycles. The predicted octanol–water partition coefficient (Wildman–Crippen LogP) is 3.64. The van der Waals surface area contributed by atoms with Crippen LogP contribution in [0.2, 0.25) is 5.02 Å². The van der Waals surface area contributed by atoms with Crippen molar-refractivity contribution in [2.45, 2.75) is 6.18 Å². The number of alkyl halides is 4. The second-order valence-corrected chi connectivity index (χ2v) is 3.84. The first-order valence-electron chi connectivity index (χ1n) is 3.97. The van der Waals surface area contributed by atoms with Crippen LogP contribution in [0.25, 0.3) is 0 Å². The third kappa shape index (κ3) is 2.49. The predicted molar refractivity (Wildman–Crippen MR) is 56.2 cm³/mol. The lowest BCUT2D eigenvalue weighted by molar-refractivity contribution is -0.139. The van der Waals surface area contributed by atoms with Gasteiger partial charge in [0.15, 0.2) is 5.78 Å². The maximum atomic E-state index is 12.6. The second-order valence-electron chi connectivity index (χ2n) is 2.87. The molecule has 0 amide bonds. The van der Waals surface area contributed by atoms with Crippen LogP contribution in [0.15, 0.2) is 12.1 Å². The molecule has 0 saturated carbocycles. The number of carbonyl (C=O) groups excluding carboxylic acids is 1. The zero-order valence-electron chi connectivity index (χ0n) is 7.61. The number of carbonyl (C=O) groups is 1. The molecule has 1 aromatic rings.